The lowest BCUT2D eigenvalue weighted by Crippen LogP contribution is -2.11. The van der Waals surface area contributed by atoms with Gasteiger partial charge in [-0.25, -0.2) is 0 Å². The van der Waals surface area contributed by atoms with Crippen molar-refractivity contribution < 1.29 is 4.42 Å². The van der Waals surface area contributed by atoms with Crippen molar-refractivity contribution >= 4 is 73.2 Å². The van der Waals surface area contributed by atoms with Gasteiger partial charge in [0.15, 0.2) is 0 Å². The second kappa shape index (κ2) is 12.8. The Morgan fingerprint density at radius 3 is 1.66 bits per heavy atom. The Labute approximate surface area is 327 Å². The van der Waals surface area contributed by atoms with Crippen LogP contribution in [-0.2, 0) is 0 Å². The van der Waals surface area contributed by atoms with Crippen LogP contribution in [0.4, 0.5) is 17.1 Å². The normalized spacial score (nSPS) is 12.0. The van der Waals surface area contributed by atoms with Gasteiger partial charge in [-0.2, -0.15) is 0 Å². The molecule has 0 saturated carbocycles. The van der Waals surface area contributed by atoms with Crippen LogP contribution in [0, 0.1) is 10.5 Å². The molecule has 0 amide bonds. The minimum absolute atomic E-state index is 0.696. The third kappa shape index (κ3) is 5.37. The topological polar surface area (TPSA) is 16.4 Å². The van der Waals surface area contributed by atoms with E-state index >= 15 is 0 Å². The Bertz CT molecular complexity index is 2910. The number of hydrogen-bond acceptors (Lipinski definition) is 2. The maximum absolute atomic E-state index is 7.05. The fraction of sp³-hybridized carbons (Fsp3) is 0.0204. The number of rotatable bonds is 4. The van der Waals surface area contributed by atoms with Gasteiger partial charge in [-0.15, -0.1) is 0 Å². The first-order valence-electron chi connectivity index (χ1n) is 17.7. The van der Waals surface area contributed by atoms with Crippen LogP contribution in [0.1, 0.15) is 5.56 Å². The number of aryl methyl sites for hydroxylation is 1. The average molecular weight is 812 g/mol. The maximum atomic E-state index is 7.05. The minimum atomic E-state index is 0.696. The van der Waals surface area contributed by atoms with Crippen molar-refractivity contribution in [1.29, 1.82) is 0 Å². The third-order valence-electron chi connectivity index (χ3n) is 10.5. The number of fused-ring (bicyclic) bond motifs is 8. The fourth-order valence-corrected chi connectivity index (χ4v) is 8.80. The number of benzene rings is 8. The predicted octanol–water partition coefficient (Wildman–Crippen LogP) is 15.3. The van der Waals surface area contributed by atoms with E-state index in [9.17, 15) is 0 Å². The molecule has 0 aliphatic carbocycles. The van der Waals surface area contributed by atoms with Crippen LogP contribution in [0.3, 0.4) is 0 Å². The highest BCUT2D eigenvalue weighted by atomic mass is 127. The molecule has 2 nitrogen and oxygen atoms in total. The zero-order valence-corrected chi connectivity index (χ0v) is 31.7. The fourth-order valence-electron chi connectivity index (χ4n) is 7.90. The van der Waals surface area contributed by atoms with Crippen molar-refractivity contribution in [2.24, 2.45) is 0 Å². The van der Waals surface area contributed by atoms with Gasteiger partial charge in [-0.05, 0) is 146 Å². The van der Waals surface area contributed by atoms with E-state index in [-0.39, 0.29) is 0 Å². The van der Waals surface area contributed by atoms with E-state index in [1.807, 2.05) is 24.3 Å². The van der Waals surface area contributed by atoms with E-state index in [2.05, 4.69) is 180 Å². The largest absolute Gasteiger partial charge is 0.456 e. The Balaban J connectivity index is 1.18. The molecule has 10 rings (SSSR count). The highest BCUT2D eigenvalue weighted by Gasteiger charge is 2.28. The quantitative estimate of drug-likeness (QED) is 0.165. The number of anilines is 3. The molecule has 0 N–H and O–H groups in total. The first kappa shape index (κ1) is 32.1. The molecule has 0 fully saturated rings. The minimum Gasteiger partial charge on any atom is -0.456 e. The molecule has 0 atom stereocenters. The second-order valence-electron chi connectivity index (χ2n) is 13.6. The molecule has 0 spiro atoms. The monoisotopic (exact) mass is 811 g/mol. The van der Waals surface area contributed by atoms with Crippen LogP contribution >= 0.6 is 34.2 Å². The van der Waals surface area contributed by atoms with Gasteiger partial charge in [0.2, 0.25) is 0 Å². The number of hydrogen-bond donors (Lipinski definition) is 0. The first-order chi connectivity index (χ1) is 26.0. The summed E-state index contributed by atoms with van der Waals surface area (Å²) in [6.07, 6.45) is 0. The van der Waals surface area contributed by atoms with E-state index in [0.717, 1.165) is 66.8 Å². The van der Waals surface area contributed by atoms with Gasteiger partial charge in [-0.1, -0.05) is 115 Å². The number of nitrogens with zero attached hydrogens (tertiary/aromatic N) is 1. The molecule has 1 aromatic heterocycles. The standard InChI is InChI=1S/C49H31ClINO/c1-30-18-19-31(26-39(30)37-12-4-7-15-44(37)51)32-20-23-45-40(27-32)35-10-2-3-11-36(35)41-28-33(21-24-46(41)52(45)47-16-8-6-14-43(47)50)34-22-25-49-42(29-34)38-13-5-9-17-48(38)53-49/h2-29H,1H3. The highest BCUT2D eigenvalue weighted by Crippen LogP contribution is 2.53. The van der Waals surface area contributed by atoms with Gasteiger partial charge in [0.1, 0.15) is 11.2 Å². The van der Waals surface area contributed by atoms with Crippen LogP contribution < -0.4 is 4.90 Å². The number of para-hydroxylation sites is 2. The summed E-state index contributed by atoms with van der Waals surface area (Å²) in [5.74, 6) is 0. The lowest BCUT2D eigenvalue weighted by Gasteiger charge is -2.28. The summed E-state index contributed by atoms with van der Waals surface area (Å²) in [5, 5.41) is 2.94. The molecule has 9 aromatic rings. The molecule has 1 aliphatic rings. The van der Waals surface area contributed by atoms with Crippen molar-refractivity contribution in [3.8, 4) is 55.6 Å². The zero-order valence-electron chi connectivity index (χ0n) is 28.8. The average Bonchev–Trinajstić information content (AvgIpc) is 3.52. The molecule has 53 heavy (non-hydrogen) atoms. The molecule has 4 heteroatoms. The molecule has 0 saturated heterocycles. The molecular weight excluding hydrogens is 781 g/mol. The van der Waals surface area contributed by atoms with Gasteiger partial charge in [0.05, 0.1) is 22.1 Å². The summed E-state index contributed by atoms with van der Waals surface area (Å²) < 4.78 is 7.41. The predicted molar refractivity (Wildman–Crippen MR) is 232 cm³/mol. The van der Waals surface area contributed by atoms with Crippen LogP contribution in [0.2, 0.25) is 5.02 Å². The summed E-state index contributed by atoms with van der Waals surface area (Å²) in [6.45, 7) is 2.19. The first-order valence-corrected chi connectivity index (χ1v) is 19.2. The summed E-state index contributed by atoms with van der Waals surface area (Å²) in [7, 11) is 0. The zero-order chi connectivity index (χ0) is 35.6. The second-order valence-corrected chi connectivity index (χ2v) is 15.2. The highest BCUT2D eigenvalue weighted by molar-refractivity contribution is 14.1. The van der Waals surface area contributed by atoms with Gasteiger partial charge >= 0.3 is 0 Å². The van der Waals surface area contributed by atoms with E-state index < -0.39 is 0 Å². The van der Waals surface area contributed by atoms with E-state index in [1.54, 1.807) is 0 Å². The van der Waals surface area contributed by atoms with E-state index in [1.165, 1.54) is 37.0 Å². The Kier molecular flexibility index (Phi) is 7.74. The molecule has 252 valence electrons. The van der Waals surface area contributed by atoms with Crippen molar-refractivity contribution in [3.63, 3.8) is 0 Å². The molecular formula is C49H31ClINO. The lowest BCUT2D eigenvalue weighted by atomic mass is 9.90. The van der Waals surface area contributed by atoms with Crippen LogP contribution in [0.15, 0.2) is 174 Å². The van der Waals surface area contributed by atoms with Crippen molar-refractivity contribution in [2.45, 2.75) is 6.92 Å². The molecule has 0 unspecified atom stereocenters. The van der Waals surface area contributed by atoms with Crippen molar-refractivity contribution in [1.82, 2.24) is 0 Å². The molecule has 1 aliphatic heterocycles. The summed E-state index contributed by atoms with van der Waals surface area (Å²) in [4.78, 5) is 2.33. The summed E-state index contributed by atoms with van der Waals surface area (Å²) in [6, 6.07) is 60.8. The molecule has 2 heterocycles. The van der Waals surface area contributed by atoms with Crippen LogP contribution in [0.5, 0.6) is 0 Å². The van der Waals surface area contributed by atoms with Gasteiger partial charge in [0, 0.05) is 25.5 Å². The van der Waals surface area contributed by atoms with Crippen LogP contribution in [0.25, 0.3) is 77.6 Å². The van der Waals surface area contributed by atoms with Crippen LogP contribution in [-0.4, -0.2) is 0 Å². The lowest BCUT2D eigenvalue weighted by molar-refractivity contribution is 0.669. The van der Waals surface area contributed by atoms with Crippen molar-refractivity contribution in [3.05, 3.63) is 184 Å². The van der Waals surface area contributed by atoms with E-state index in [4.69, 9.17) is 16.0 Å². The molecule has 0 bridgehead atoms. The van der Waals surface area contributed by atoms with E-state index in [0.29, 0.717) is 5.02 Å². The number of furan rings is 1. The number of halogens is 2. The van der Waals surface area contributed by atoms with Gasteiger partial charge in [-0.3, -0.25) is 0 Å². The Morgan fingerprint density at radius 1 is 0.434 bits per heavy atom. The van der Waals surface area contributed by atoms with Gasteiger partial charge in [0.25, 0.3) is 0 Å². The smallest absolute Gasteiger partial charge is 0.135 e. The summed E-state index contributed by atoms with van der Waals surface area (Å²) >= 11 is 9.50. The summed E-state index contributed by atoms with van der Waals surface area (Å²) in [5.41, 5.74) is 17.9. The SMILES string of the molecule is Cc1ccc(-c2ccc3c(c2)-c2ccccc2-c2cc(-c4ccc5oc6ccccc6c5c4)ccc2N3c2ccccc2Cl)cc1-c1ccccc1I. The molecule has 8 aromatic carbocycles. The Morgan fingerprint density at radius 2 is 0.962 bits per heavy atom. The maximum Gasteiger partial charge on any atom is 0.135 e. The third-order valence-corrected chi connectivity index (χ3v) is 11.8. The Hall–Kier alpha value is -5.62. The van der Waals surface area contributed by atoms with Gasteiger partial charge < -0.3 is 9.32 Å². The molecule has 0 radical (unpaired) electrons. The van der Waals surface area contributed by atoms with Crippen molar-refractivity contribution in [2.75, 3.05) is 4.90 Å².